The maximum absolute atomic E-state index is 11.2. The summed E-state index contributed by atoms with van der Waals surface area (Å²) in [4.78, 5) is 11.2. The lowest BCUT2D eigenvalue weighted by Gasteiger charge is -2.01. The van der Waals surface area contributed by atoms with Crippen LogP contribution >= 0.6 is 0 Å². The average molecular weight is 190 g/mol. The highest BCUT2D eigenvalue weighted by Crippen LogP contribution is 1.96. The molecule has 1 rings (SSSR count). The Bertz CT molecular complexity index is 326. The minimum Gasteiger partial charge on any atom is -0.402 e. The van der Waals surface area contributed by atoms with Crippen molar-refractivity contribution in [1.29, 1.82) is 0 Å². The monoisotopic (exact) mass is 190 g/mol. The molecule has 0 radical (unpaired) electrons. The lowest BCUT2D eigenvalue weighted by molar-refractivity contribution is -0.116. The van der Waals surface area contributed by atoms with Gasteiger partial charge in [0.15, 0.2) is 0 Å². The summed E-state index contributed by atoms with van der Waals surface area (Å²) >= 11 is 0. The first-order valence-electron chi connectivity index (χ1n) is 4.44. The molecule has 0 atom stereocenters. The summed E-state index contributed by atoms with van der Waals surface area (Å²) in [6.45, 7) is 2.21. The molecule has 14 heavy (non-hydrogen) atoms. The van der Waals surface area contributed by atoms with E-state index < -0.39 is 0 Å². The number of benzene rings is 1. The van der Waals surface area contributed by atoms with Crippen molar-refractivity contribution in [1.82, 2.24) is 5.32 Å². The van der Waals surface area contributed by atoms with E-state index in [0.29, 0.717) is 12.2 Å². The SMILES string of the molecule is CC(N)=CC(=O)NCc1ccccc1. The maximum Gasteiger partial charge on any atom is 0.245 e. The Balaban J connectivity index is 2.42. The standard InChI is InChI=1S/C11H14N2O/c1-9(12)7-11(14)13-8-10-5-3-2-4-6-10/h2-7H,8,12H2,1H3,(H,13,14). The fraction of sp³-hybridized carbons (Fsp3) is 0.182. The first-order chi connectivity index (χ1) is 6.68. The first kappa shape index (κ1) is 10.3. The molecule has 0 unspecified atom stereocenters. The molecular weight excluding hydrogens is 176 g/mol. The smallest absolute Gasteiger partial charge is 0.245 e. The lowest BCUT2D eigenvalue weighted by atomic mass is 10.2. The predicted molar refractivity (Wildman–Crippen MR) is 56.2 cm³/mol. The van der Waals surface area contributed by atoms with Gasteiger partial charge in [-0.25, -0.2) is 0 Å². The van der Waals surface area contributed by atoms with E-state index in [-0.39, 0.29) is 5.91 Å². The second kappa shape index (κ2) is 5.07. The molecule has 1 amide bonds. The zero-order valence-electron chi connectivity index (χ0n) is 8.16. The quantitative estimate of drug-likeness (QED) is 0.703. The fourth-order valence-electron chi connectivity index (χ4n) is 1.04. The van der Waals surface area contributed by atoms with Crippen molar-refractivity contribution in [2.24, 2.45) is 5.73 Å². The van der Waals surface area contributed by atoms with Gasteiger partial charge in [-0.3, -0.25) is 4.79 Å². The van der Waals surface area contributed by atoms with Crippen LogP contribution in [0.25, 0.3) is 0 Å². The second-order valence-corrected chi connectivity index (χ2v) is 3.09. The summed E-state index contributed by atoms with van der Waals surface area (Å²) in [5.74, 6) is -0.158. The Kier molecular flexibility index (Phi) is 3.73. The molecule has 0 bridgehead atoms. The number of amides is 1. The number of hydrogen-bond donors (Lipinski definition) is 2. The number of nitrogens with two attached hydrogens (primary N) is 1. The van der Waals surface area contributed by atoms with E-state index >= 15 is 0 Å². The van der Waals surface area contributed by atoms with Crippen LogP contribution < -0.4 is 11.1 Å². The van der Waals surface area contributed by atoms with Crippen LogP contribution in [0.5, 0.6) is 0 Å². The maximum atomic E-state index is 11.2. The van der Waals surface area contributed by atoms with Gasteiger partial charge in [-0.05, 0) is 12.5 Å². The highest BCUT2D eigenvalue weighted by molar-refractivity contribution is 5.87. The summed E-state index contributed by atoms with van der Waals surface area (Å²) in [6.07, 6.45) is 1.38. The highest BCUT2D eigenvalue weighted by Gasteiger charge is 1.96. The number of nitrogens with one attached hydrogen (secondary N) is 1. The van der Waals surface area contributed by atoms with Gasteiger partial charge in [0.2, 0.25) is 5.91 Å². The van der Waals surface area contributed by atoms with Crippen LogP contribution in [0.15, 0.2) is 42.1 Å². The highest BCUT2D eigenvalue weighted by atomic mass is 16.1. The van der Waals surface area contributed by atoms with Gasteiger partial charge >= 0.3 is 0 Å². The number of rotatable bonds is 3. The number of carbonyl (C=O) groups excluding carboxylic acids is 1. The zero-order valence-corrected chi connectivity index (χ0v) is 8.16. The largest absolute Gasteiger partial charge is 0.402 e. The van der Waals surface area contributed by atoms with Crippen molar-refractivity contribution < 1.29 is 4.79 Å². The normalized spacial score (nSPS) is 11.1. The average Bonchev–Trinajstić information content (AvgIpc) is 2.15. The molecule has 0 spiro atoms. The van der Waals surface area contributed by atoms with Crippen molar-refractivity contribution >= 4 is 5.91 Å². The zero-order chi connectivity index (χ0) is 10.4. The van der Waals surface area contributed by atoms with Crippen LogP contribution in [0.1, 0.15) is 12.5 Å². The third-order valence-electron chi connectivity index (χ3n) is 1.67. The van der Waals surface area contributed by atoms with Crippen LogP contribution in [-0.4, -0.2) is 5.91 Å². The van der Waals surface area contributed by atoms with E-state index in [0.717, 1.165) is 5.56 Å². The summed E-state index contributed by atoms with van der Waals surface area (Å²) in [5, 5.41) is 2.73. The number of allylic oxidation sites excluding steroid dienone is 1. The summed E-state index contributed by atoms with van der Waals surface area (Å²) < 4.78 is 0. The fourth-order valence-corrected chi connectivity index (χ4v) is 1.04. The van der Waals surface area contributed by atoms with E-state index in [1.54, 1.807) is 6.92 Å². The molecule has 1 aromatic carbocycles. The molecule has 0 fully saturated rings. The van der Waals surface area contributed by atoms with Gasteiger partial charge in [0.25, 0.3) is 0 Å². The Hall–Kier alpha value is -1.77. The van der Waals surface area contributed by atoms with Gasteiger partial charge in [-0.1, -0.05) is 30.3 Å². The van der Waals surface area contributed by atoms with Gasteiger partial charge in [0.1, 0.15) is 0 Å². The van der Waals surface area contributed by atoms with E-state index in [4.69, 9.17) is 5.73 Å². The molecule has 3 heteroatoms. The Labute approximate surface area is 83.6 Å². The van der Waals surface area contributed by atoms with Crippen molar-refractivity contribution in [3.05, 3.63) is 47.7 Å². The van der Waals surface area contributed by atoms with Crippen LogP contribution in [0.3, 0.4) is 0 Å². The van der Waals surface area contributed by atoms with Crippen LogP contribution in [0, 0.1) is 0 Å². The topological polar surface area (TPSA) is 55.1 Å². The second-order valence-electron chi connectivity index (χ2n) is 3.09. The van der Waals surface area contributed by atoms with Crippen molar-refractivity contribution in [2.75, 3.05) is 0 Å². The van der Waals surface area contributed by atoms with E-state index in [2.05, 4.69) is 5.32 Å². The molecule has 0 aliphatic heterocycles. The molecule has 3 N–H and O–H groups in total. The Morgan fingerprint density at radius 3 is 2.64 bits per heavy atom. The van der Waals surface area contributed by atoms with Crippen LogP contribution in [-0.2, 0) is 11.3 Å². The summed E-state index contributed by atoms with van der Waals surface area (Å²) in [5.41, 5.74) is 6.95. The lowest BCUT2D eigenvalue weighted by Crippen LogP contribution is -2.21. The molecule has 0 saturated heterocycles. The predicted octanol–water partition coefficient (Wildman–Crippen LogP) is 1.17. The van der Waals surface area contributed by atoms with Crippen LogP contribution in [0.4, 0.5) is 0 Å². The third-order valence-corrected chi connectivity index (χ3v) is 1.67. The van der Waals surface area contributed by atoms with Gasteiger partial charge in [-0.15, -0.1) is 0 Å². The van der Waals surface area contributed by atoms with Gasteiger partial charge < -0.3 is 11.1 Å². The molecule has 1 aromatic rings. The third kappa shape index (κ3) is 3.76. The van der Waals surface area contributed by atoms with Gasteiger partial charge in [0.05, 0.1) is 0 Å². The first-order valence-corrected chi connectivity index (χ1v) is 4.44. The van der Waals surface area contributed by atoms with Crippen LogP contribution in [0.2, 0.25) is 0 Å². The van der Waals surface area contributed by atoms with Crippen molar-refractivity contribution in [2.45, 2.75) is 13.5 Å². The van der Waals surface area contributed by atoms with Gasteiger partial charge in [-0.2, -0.15) is 0 Å². The molecule has 74 valence electrons. The molecule has 0 aliphatic rings. The minimum absolute atomic E-state index is 0.158. The molecular formula is C11H14N2O. The Morgan fingerprint density at radius 2 is 2.07 bits per heavy atom. The Morgan fingerprint density at radius 1 is 1.43 bits per heavy atom. The molecule has 0 heterocycles. The summed E-state index contributed by atoms with van der Waals surface area (Å²) in [6, 6.07) is 9.73. The molecule has 0 saturated carbocycles. The number of hydrogen-bond acceptors (Lipinski definition) is 2. The molecule has 3 nitrogen and oxygen atoms in total. The van der Waals surface area contributed by atoms with Crippen molar-refractivity contribution in [3.8, 4) is 0 Å². The van der Waals surface area contributed by atoms with E-state index in [1.807, 2.05) is 30.3 Å². The molecule has 0 aliphatic carbocycles. The van der Waals surface area contributed by atoms with E-state index in [9.17, 15) is 4.79 Å². The van der Waals surface area contributed by atoms with Gasteiger partial charge in [0, 0.05) is 18.3 Å². The van der Waals surface area contributed by atoms with Crippen molar-refractivity contribution in [3.63, 3.8) is 0 Å². The number of carbonyl (C=O) groups is 1. The minimum atomic E-state index is -0.158. The summed E-state index contributed by atoms with van der Waals surface area (Å²) in [7, 11) is 0. The molecule has 0 aromatic heterocycles. The van der Waals surface area contributed by atoms with E-state index in [1.165, 1.54) is 6.08 Å².